The van der Waals surface area contributed by atoms with Gasteiger partial charge in [0.05, 0.1) is 12.3 Å². The zero-order valence-corrected chi connectivity index (χ0v) is 9.29. The summed E-state index contributed by atoms with van der Waals surface area (Å²) >= 11 is 1.18. The normalized spacial score (nSPS) is 14.2. The fourth-order valence-corrected chi connectivity index (χ4v) is 2.36. The van der Waals surface area contributed by atoms with Crippen molar-refractivity contribution in [1.82, 2.24) is 4.98 Å². The van der Waals surface area contributed by atoms with Gasteiger partial charge in [0.15, 0.2) is 5.51 Å². The van der Waals surface area contributed by atoms with Gasteiger partial charge in [0.25, 0.3) is 0 Å². The first-order valence-electron chi connectivity index (χ1n) is 4.00. The van der Waals surface area contributed by atoms with Crippen molar-refractivity contribution in [2.24, 2.45) is 0 Å². The van der Waals surface area contributed by atoms with Gasteiger partial charge in [-0.05, 0) is 6.92 Å². The van der Waals surface area contributed by atoms with Crippen LogP contribution in [0.1, 0.15) is 18.3 Å². The minimum Gasteiger partial charge on any atom is -0.380 e. The van der Waals surface area contributed by atoms with Gasteiger partial charge < -0.3 is 14.5 Å². The maximum atomic E-state index is 11.1. The van der Waals surface area contributed by atoms with Crippen molar-refractivity contribution in [3.63, 3.8) is 0 Å². The molecule has 0 bridgehead atoms. The molecule has 1 heterocycles. The van der Waals surface area contributed by atoms with E-state index < -0.39 is 13.3 Å². The second-order valence-electron chi connectivity index (χ2n) is 2.63. The van der Waals surface area contributed by atoms with Crippen molar-refractivity contribution in [2.75, 3.05) is 13.2 Å². The molecule has 0 amide bonds. The summed E-state index contributed by atoms with van der Waals surface area (Å²) in [4.78, 5) is 21.9. The Morgan fingerprint density at radius 3 is 2.93 bits per heavy atom. The van der Waals surface area contributed by atoms with E-state index in [2.05, 4.69) is 10.5 Å². The van der Waals surface area contributed by atoms with Gasteiger partial charge in [0.2, 0.25) is 0 Å². The van der Waals surface area contributed by atoms with Crippen LogP contribution < -0.4 is 0 Å². The Morgan fingerprint density at radius 2 is 2.50 bits per heavy atom. The highest BCUT2D eigenvalue weighted by molar-refractivity contribution is 7.52. The van der Waals surface area contributed by atoms with E-state index in [0.717, 1.165) is 0 Å². The number of ether oxygens (including phenoxy) is 1. The largest absolute Gasteiger partial charge is 0.380 e. The summed E-state index contributed by atoms with van der Waals surface area (Å²) in [5.74, 6) is 0. The Kier molecular flexibility index (Phi) is 4.22. The van der Waals surface area contributed by atoms with Crippen LogP contribution in [0.3, 0.4) is 0 Å². The van der Waals surface area contributed by atoms with Gasteiger partial charge in [-0.2, -0.15) is 0 Å². The Hall–Kier alpha value is -0.260. The molecule has 1 aromatic rings. The van der Waals surface area contributed by atoms with E-state index in [1.807, 2.05) is 0 Å². The van der Waals surface area contributed by atoms with Gasteiger partial charge >= 0.3 is 7.60 Å². The van der Waals surface area contributed by atoms with Gasteiger partial charge in [0.1, 0.15) is 5.66 Å². The monoisotopic (exact) mass is 236 g/mol. The predicted molar refractivity (Wildman–Crippen MR) is 52.2 cm³/mol. The summed E-state index contributed by atoms with van der Waals surface area (Å²) in [5, 5.41) is 1.57. The van der Waals surface area contributed by atoms with Gasteiger partial charge in [-0.15, -0.1) is 11.3 Å². The van der Waals surface area contributed by atoms with Crippen LogP contribution in [-0.4, -0.2) is 28.0 Å². The Morgan fingerprint density at radius 1 is 1.79 bits per heavy atom. The molecule has 0 aliphatic heterocycles. The number of rotatable bonds is 5. The van der Waals surface area contributed by atoms with E-state index in [-0.39, 0.29) is 6.61 Å². The molecule has 1 radical (unpaired) electrons. The van der Waals surface area contributed by atoms with Crippen LogP contribution in [0, 0.1) is 5.51 Å². The third-order valence-electron chi connectivity index (χ3n) is 1.63. The summed E-state index contributed by atoms with van der Waals surface area (Å²) in [7, 11) is -4.20. The molecule has 0 fully saturated rings. The minimum atomic E-state index is -4.20. The molecule has 1 aromatic heterocycles. The lowest BCUT2D eigenvalue weighted by molar-refractivity contribution is 0.140. The lowest BCUT2D eigenvalue weighted by Gasteiger charge is -2.15. The molecule has 0 saturated carbocycles. The number of thiazole rings is 1. The lowest BCUT2D eigenvalue weighted by atomic mass is 10.3. The predicted octanol–water partition coefficient (Wildman–Crippen LogP) is 1.20. The van der Waals surface area contributed by atoms with Crippen LogP contribution in [0.2, 0.25) is 0 Å². The molecule has 1 atom stereocenters. The third kappa shape index (κ3) is 3.15. The average molecular weight is 236 g/mol. The van der Waals surface area contributed by atoms with Crippen LogP contribution in [0.4, 0.5) is 0 Å². The second kappa shape index (κ2) is 5.00. The first kappa shape index (κ1) is 11.8. The van der Waals surface area contributed by atoms with E-state index in [9.17, 15) is 4.57 Å². The van der Waals surface area contributed by atoms with Crippen LogP contribution in [0.5, 0.6) is 0 Å². The van der Waals surface area contributed by atoms with E-state index in [0.29, 0.717) is 12.3 Å². The number of nitrogens with zero attached hydrogens (tertiary/aromatic N) is 1. The standard InChI is InChI=1S/C7H11NO4PS/c1-2-12-3-7(13(9,10)11)6-4-14-5-8-6/h4,7H,2-3H2,1H3,(H2,9,10,11)/t7-/m1/s1. The smallest absolute Gasteiger partial charge is 0.336 e. The summed E-state index contributed by atoms with van der Waals surface area (Å²) < 4.78 is 16.1. The van der Waals surface area contributed by atoms with Crippen molar-refractivity contribution in [3.8, 4) is 0 Å². The molecule has 7 heteroatoms. The number of hydrogen-bond donors (Lipinski definition) is 2. The Labute approximate surface area is 85.9 Å². The minimum absolute atomic E-state index is 0.0155. The van der Waals surface area contributed by atoms with Crippen molar-refractivity contribution in [2.45, 2.75) is 12.6 Å². The van der Waals surface area contributed by atoms with Gasteiger partial charge in [0, 0.05) is 12.0 Å². The number of hydrogen-bond acceptors (Lipinski definition) is 4. The Bertz CT molecular complexity index is 309. The first-order valence-corrected chi connectivity index (χ1v) is 6.56. The topological polar surface area (TPSA) is 79.7 Å². The van der Waals surface area contributed by atoms with Crippen LogP contribution in [-0.2, 0) is 9.30 Å². The van der Waals surface area contributed by atoms with Gasteiger partial charge in [-0.3, -0.25) is 4.57 Å². The zero-order valence-electron chi connectivity index (χ0n) is 7.58. The van der Waals surface area contributed by atoms with Gasteiger partial charge in [-0.25, -0.2) is 4.98 Å². The molecule has 14 heavy (non-hydrogen) atoms. The second-order valence-corrected chi connectivity index (χ2v) is 5.08. The molecule has 0 spiro atoms. The zero-order chi connectivity index (χ0) is 10.6. The lowest BCUT2D eigenvalue weighted by Crippen LogP contribution is -2.09. The van der Waals surface area contributed by atoms with Crippen molar-refractivity contribution in [1.29, 1.82) is 0 Å². The molecular formula is C7H11NO4PS. The van der Waals surface area contributed by atoms with Crippen LogP contribution >= 0.6 is 18.9 Å². The molecule has 5 nitrogen and oxygen atoms in total. The van der Waals surface area contributed by atoms with Crippen LogP contribution in [0.15, 0.2) is 5.38 Å². The fraction of sp³-hybridized carbons (Fsp3) is 0.571. The maximum absolute atomic E-state index is 11.1. The quantitative estimate of drug-likeness (QED) is 0.751. The summed E-state index contributed by atoms with van der Waals surface area (Å²) in [6, 6.07) is 0. The third-order valence-corrected chi connectivity index (χ3v) is 3.42. The van der Waals surface area contributed by atoms with Crippen molar-refractivity contribution >= 4 is 18.9 Å². The molecule has 0 aliphatic rings. The molecule has 79 valence electrons. The first-order chi connectivity index (χ1) is 6.55. The average Bonchev–Trinajstić information content (AvgIpc) is 2.55. The fourth-order valence-electron chi connectivity index (χ4n) is 0.929. The van der Waals surface area contributed by atoms with E-state index in [1.54, 1.807) is 12.3 Å². The molecule has 0 aromatic carbocycles. The highest BCUT2D eigenvalue weighted by atomic mass is 32.1. The van der Waals surface area contributed by atoms with E-state index >= 15 is 0 Å². The molecular weight excluding hydrogens is 225 g/mol. The molecule has 0 unspecified atom stereocenters. The molecule has 0 saturated heterocycles. The van der Waals surface area contributed by atoms with E-state index in [4.69, 9.17) is 14.5 Å². The maximum Gasteiger partial charge on any atom is 0.336 e. The highest BCUT2D eigenvalue weighted by Gasteiger charge is 2.32. The highest BCUT2D eigenvalue weighted by Crippen LogP contribution is 2.51. The summed E-state index contributed by atoms with van der Waals surface area (Å²) in [6.45, 7) is 2.17. The molecule has 0 aliphatic carbocycles. The van der Waals surface area contributed by atoms with Crippen LogP contribution in [0.25, 0.3) is 0 Å². The Balaban J connectivity index is 2.78. The summed E-state index contributed by atoms with van der Waals surface area (Å²) in [5.41, 5.74) is 1.93. The van der Waals surface area contributed by atoms with Gasteiger partial charge in [-0.1, -0.05) is 0 Å². The summed E-state index contributed by atoms with van der Waals surface area (Å²) in [6.07, 6.45) is 0. The van der Waals surface area contributed by atoms with Crippen molar-refractivity contribution in [3.05, 3.63) is 16.6 Å². The van der Waals surface area contributed by atoms with E-state index in [1.165, 1.54) is 11.3 Å². The molecule has 2 N–H and O–H groups in total. The molecule has 1 rings (SSSR count). The SMILES string of the molecule is CCOC[C@H](c1cs[c]n1)P(=O)(O)O. The number of aromatic nitrogens is 1. The van der Waals surface area contributed by atoms with Crippen molar-refractivity contribution < 1.29 is 19.1 Å².